The number of fused-ring (bicyclic) bond motifs is 1. The maximum Gasteiger partial charge on any atom is 0.166 e. The zero-order chi connectivity index (χ0) is 25.7. The Hall–Kier alpha value is -3.16. The van der Waals surface area contributed by atoms with Crippen molar-refractivity contribution in [3.8, 4) is 11.5 Å². The summed E-state index contributed by atoms with van der Waals surface area (Å²) < 4.78 is 11.2. The van der Waals surface area contributed by atoms with Crippen LogP contribution in [0.25, 0.3) is 0 Å². The molecule has 37 heavy (non-hydrogen) atoms. The van der Waals surface area contributed by atoms with E-state index >= 15 is 0 Å². The summed E-state index contributed by atoms with van der Waals surface area (Å²) in [5.74, 6) is 1.57. The van der Waals surface area contributed by atoms with Crippen LogP contribution in [0.15, 0.2) is 73.1 Å². The molecule has 1 saturated heterocycles. The van der Waals surface area contributed by atoms with Gasteiger partial charge < -0.3 is 20.1 Å². The van der Waals surface area contributed by atoms with E-state index in [1.54, 1.807) is 14.2 Å². The van der Waals surface area contributed by atoms with Crippen molar-refractivity contribution >= 4 is 17.3 Å². The van der Waals surface area contributed by atoms with Crippen LogP contribution >= 0.6 is 12.2 Å². The lowest BCUT2D eigenvalue weighted by Gasteiger charge is -2.46. The molecule has 194 valence electrons. The summed E-state index contributed by atoms with van der Waals surface area (Å²) in [4.78, 5) is 6.99. The summed E-state index contributed by atoms with van der Waals surface area (Å²) in [7, 11) is 3.40. The van der Waals surface area contributed by atoms with Crippen molar-refractivity contribution in [2.45, 2.75) is 56.3 Å². The van der Waals surface area contributed by atoms with Gasteiger partial charge in [-0.05, 0) is 79.3 Å². The van der Waals surface area contributed by atoms with E-state index in [1.807, 2.05) is 24.5 Å². The lowest BCUT2D eigenvalue weighted by atomic mass is 9.65. The van der Waals surface area contributed by atoms with Gasteiger partial charge in [-0.1, -0.05) is 42.5 Å². The molecule has 3 atom stereocenters. The number of thiocarbonyl (C=S) groups is 1. The molecule has 2 N–H and O–H groups in total. The minimum absolute atomic E-state index is 0.0685. The van der Waals surface area contributed by atoms with Gasteiger partial charge in [0.1, 0.15) is 0 Å². The van der Waals surface area contributed by atoms with E-state index in [0.29, 0.717) is 12.1 Å². The molecular weight excluding hydrogens is 480 g/mol. The Morgan fingerprint density at radius 3 is 2.59 bits per heavy atom. The number of aromatic nitrogens is 1. The third kappa shape index (κ3) is 5.58. The van der Waals surface area contributed by atoms with Crippen molar-refractivity contribution < 1.29 is 9.47 Å². The van der Waals surface area contributed by atoms with E-state index in [2.05, 4.69) is 69.0 Å². The largest absolute Gasteiger partial charge is 0.493 e. The first-order chi connectivity index (χ1) is 18.1. The molecule has 0 unspecified atom stereocenters. The van der Waals surface area contributed by atoms with Crippen molar-refractivity contribution in [2.24, 2.45) is 0 Å². The topological polar surface area (TPSA) is 58.7 Å². The summed E-state index contributed by atoms with van der Waals surface area (Å²) in [5.41, 5.74) is 3.88. The SMILES string of the molecule is COc1ccc([C@@]23CC[C@@H](NC(=S)NCc4ccccc4)C[C@@H]2N(Cc2cccnc2)CC3)cc1OC. The highest BCUT2D eigenvalue weighted by atomic mass is 32.1. The summed E-state index contributed by atoms with van der Waals surface area (Å²) in [6.45, 7) is 2.68. The average Bonchev–Trinajstić information content (AvgIpc) is 3.31. The number of nitrogens with one attached hydrogen (secondary N) is 2. The second kappa shape index (κ2) is 11.5. The molecule has 1 saturated carbocycles. The van der Waals surface area contributed by atoms with E-state index in [9.17, 15) is 0 Å². The molecule has 1 aliphatic carbocycles. The Morgan fingerprint density at radius 1 is 1.03 bits per heavy atom. The van der Waals surface area contributed by atoms with Gasteiger partial charge in [0, 0.05) is 43.0 Å². The standard InChI is InChI=1S/C30H36N4O2S/c1-35-26-11-10-24(17-27(26)36-2)30-13-12-25(33-29(37)32-20-22-7-4-3-5-8-22)18-28(30)34(16-14-30)21-23-9-6-15-31-19-23/h3-11,15,17,19,25,28H,12-14,16,18,20-21H2,1-2H3,(H2,32,33,37)/t25-,28+,30+/m1/s1. The number of rotatable bonds is 8. The van der Waals surface area contributed by atoms with Gasteiger partial charge in [-0.3, -0.25) is 9.88 Å². The maximum atomic E-state index is 5.70. The van der Waals surface area contributed by atoms with E-state index in [0.717, 1.165) is 61.9 Å². The number of hydrogen-bond donors (Lipinski definition) is 2. The molecule has 0 bridgehead atoms. The van der Waals surface area contributed by atoms with Crippen LogP contribution in [0.4, 0.5) is 0 Å². The lowest BCUT2D eigenvalue weighted by Crippen LogP contribution is -2.53. The van der Waals surface area contributed by atoms with Crippen LogP contribution in [-0.4, -0.2) is 47.8 Å². The average molecular weight is 517 g/mol. The molecule has 5 rings (SSSR count). The number of pyridine rings is 1. The highest BCUT2D eigenvalue weighted by Crippen LogP contribution is 2.50. The molecule has 7 heteroatoms. The molecule has 0 amide bonds. The van der Waals surface area contributed by atoms with Gasteiger partial charge >= 0.3 is 0 Å². The van der Waals surface area contributed by atoms with Crippen molar-refractivity contribution in [2.75, 3.05) is 20.8 Å². The van der Waals surface area contributed by atoms with Crippen molar-refractivity contribution in [3.63, 3.8) is 0 Å². The Kier molecular flexibility index (Phi) is 7.91. The number of nitrogens with zero attached hydrogens (tertiary/aromatic N) is 2. The number of benzene rings is 2. The first kappa shape index (κ1) is 25.5. The Bertz CT molecular complexity index is 1190. The normalized spacial score (nSPS) is 23.2. The van der Waals surface area contributed by atoms with Crippen LogP contribution < -0.4 is 20.1 Å². The van der Waals surface area contributed by atoms with E-state index < -0.39 is 0 Å². The summed E-state index contributed by atoms with van der Waals surface area (Å²) in [6, 6.07) is 21.8. The molecule has 6 nitrogen and oxygen atoms in total. The van der Waals surface area contributed by atoms with E-state index in [4.69, 9.17) is 21.7 Å². The molecule has 1 aliphatic heterocycles. The molecule has 2 aromatic carbocycles. The van der Waals surface area contributed by atoms with Crippen molar-refractivity contribution in [1.82, 2.24) is 20.5 Å². The van der Waals surface area contributed by atoms with Crippen LogP contribution in [0.2, 0.25) is 0 Å². The minimum Gasteiger partial charge on any atom is -0.493 e. The molecule has 2 fully saturated rings. The molecule has 0 radical (unpaired) electrons. The fourth-order valence-corrected chi connectivity index (χ4v) is 6.43. The van der Waals surface area contributed by atoms with Gasteiger partial charge in [0.15, 0.2) is 16.6 Å². The van der Waals surface area contributed by atoms with Crippen LogP contribution in [-0.2, 0) is 18.5 Å². The van der Waals surface area contributed by atoms with Gasteiger partial charge in [-0.25, -0.2) is 0 Å². The van der Waals surface area contributed by atoms with Crippen molar-refractivity contribution in [3.05, 3.63) is 89.7 Å². The summed E-state index contributed by atoms with van der Waals surface area (Å²) >= 11 is 5.70. The van der Waals surface area contributed by atoms with Crippen LogP contribution in [0.1, 0.15) is 42.4 Å². The molecule has 3 aromatic rings. The van der Waals surface area contributed by atoms with Gasteiger partial charge in [0.05, 0.1) is 14.2 Å². The predicted octanol–water partition coefficient (Wildman–Crippen LogP) is 4.83. The first-order valence-electron chi connectivity index (χ1n) is 13.0. The fourth-order valence-electron chi connectivity index (χ4n) is 6.19. The minimum atomic E-state index is 0.0685. The van der Waals surface area contributed by atoms with Gasteiger partial charge in [0.25, 0.3) is 0 Å². The van der Waals surface area contributed by atoms with Gasteiger partial charge in [-0.15, -0.1) is 0 Å². The zero-order valence-electron chi connectivity index (χ0n) is 21.7. The molecule has 0 spiro atoms. The van der Waals surface area contributed by atoms with Crippen LogP contribution in [0, 0.1) is 0 Å². The monoisotopic (exact) mass is 516 g/mol. The summed E-state index contributed by atoms with van der Waals surface area (Å²) in [5, 5.41) is 7.75. The van der Waals surface area contributed by atoms with Crippen LogP contribution in [0.5, 0.6) is 11.5 Å². The predicted molar refractivity (Wildman–Crippen MR) is 151 cm³/mol. The number of hydrogen-bond acceptors (Lipinski definition) is 5. The van der Waals surface area contributed by atoms with E-state index in [-0.39, 0.29) is 5.41 Å². The Morgan fingerprint density at radius 2 is 1.84 bits per heavy atom. The molecule has 1 aromatic heterocycles. The molecular formula is C30H36N4O2S. The van der Waals surface area contributed by atoms with Crippen LogP contribution in [0.3, 0.4) is 0 Å². The zero-order valence-corrected chi connectivity index (χ0v) is 22.5. The van der Waals surface area contributed by atoms with E-state index in [1.165, 1.54) is 16.7 Å². The molecule has 2 heterocycles. The molecule has 2 aliphatic rings. The highest BCUT2D eigenvalue weighted by Gasteiger charge is 2.51. The number of ether oxygens (including phenoxy) is 2. The smallest absolute Gasteiger partial charge is 0.166 e. The highest BCUT2D eigenvalue weighted by molar-refractivity contribution is 7.80. The quantitative estimate of drug-likeness (QED) is 0.416. The van der Waals surface area contributed by atoms with Gasteiger partial charge in [-0.2, -0.15) is 0 Å². The second-order valence-corrected chi connectivity index (χ2v) is 10.5. The van der Waals surface area contributed by atoms with Gasteiger partial charge in [0.2, 0.25) is 0 Å². The second-order valence-electron chi connectivity index (χ2n) is 10.1. The number of likely N-dealkylation sites (tertiary alicyclic amines) is 1. The summed E-state index contributed by atoms with van der Waals surface area (Å²) in [6.07, 6.45) is 8.13. The fraction of sp³-hybridized carbons (Fsp3) is 0.400. The maximum absolute atomic E-state index is 5.70. The van der Waals surface area contributed by atoms with Crippen molar-refractivity contribution in [1.29, 1.82) is 0 Å². The Balaban J connectivity index is 1.35. The Labute approximate surface area is 225 Å². The third-order valence-corrected chi connectivity index (χ3v) is 8.33. The third-order valence-electron chi connectivity index (χ3n) is 8.07. The number of methoxy groups -OCH3 is 2. The first-order valence-corrected chi connectivity index (χ1v) is 13.5. The lowest BCUT2D eigenvalue weighted by molar-refractivity contribution is 0.134.